The molecule has 0 aliphatic carbocycles. The predicted molar refractivity (Wildman–Crippen MR) is 93.1 cm³/mol. The molecular weight excluding hydrogens is 322 g/mol. The molecule has 0 amide bonds. The fraction of sp³-hybridized carbons (Fsp3) is 0.0556. The molecule has 0 atom stereocenters. The molecule has 0 saturated carbocycles. The molecule has 0 aliphatic rings. The molecule has 0 aliphatic heterocycles. The van der Waals surface area contributed by atoms with Gasteiger partial charge in [0.2, 0.25) is 0 Å². The predicted octanol–water partition coefficient (Wildman–Crippen LogP) is 3.91. The van der Waals surface area contributed by atoms with Gasteiger partial charge in [0.15, 0.2) is 5.65 Å². The molecule has 0 radical (unpaired) electrons. The second-order valence-corrected chi connectivity index (χ2v) is 6.14. The van der Waals surface area contributed by atoms with Gasteiger partial charge in [-0.05, 0) is 22.6 Å². The second-order valence-electron chi connectivity index (χ2n) is 5.23. The number of nitrogens with zero attached hydrogens (tertiary/aromatic N) is 3. The number of hydrogen-bond acceptors (Lipinski definition) is 5. The van der Waals surface area contributed by atoms with Crippen molar-refractivity contribution >= 4 is 23.0 Å². The molecule has 4 rings (SSSR count). The van der Waals surface area contributed by atoms with E-state index in [2.05, 4.69) is 33.7 Å². The summed E-state index contributed by atoms with van der Waals surface area (Å²) in [6, 6.07) is 12.4. The lowest BCUT2D eigenvalue weighted by Gasteiger charge is -2.00. The number of esters is 1. The normalized spacial score (nSPS) is 10.9. The van der Waals surface area contributed by atoms with Crippen molar-refractivity contribution < 1.29 is 9.53 Å². The third kappa shape index (κ3) is 2.47. The van der Waals surface area contributed by atoms with Gasteiger partial charge in [-0.1, -0.05) is 30.3 Å². The summed E-state index contributed by atoms with van der Waals surface area (Å²) in [6.07, 6.45) is 4.91. The minimum absolute atomic E-state index is 0.371. The van der Waals surface area contributed by atoms with E-state index in [1.165, 1.54) is 24.4 Å². The van der Waals surface area contributed by atoms with Gasteiger partial charge < -0.3 is 4.74 Å². The summed E-state index contributed by atoms with van der Waals surface area (Å²) in [5, 5.41) is 6.43. The van der Waals surface area contributed by atoms with Crippen LogP contribution < -0.4 is 0 Å². The maximum Gasteiger partial charge on any atom is 0.341 e. The minimum atomic E-state index is -0.427. The maximum absolute atomic E-state index is 11.6. The Balaban J connectivity index is 1.75. The Morgan fingerprint density at radius 3 is 2.79 bits per heavy atom. The summed E-state index contributed by atoms with van der Waals surface area (Å²) >= 11 is 1.65. The molecular formula is C18H13N3O2S. The summed E-state index contributed by atoms with van der Waals surface area (Å²) in [5.41, 5.74) is 4.37. The van der Waals surface area contributed by atoms with Crippen LogP contribution in [0.4, 0.5) is 0 Å². The summed E-state index contributed by atoms with van der Waals surface area (Å²) < 4.78 is 6.31. The number of hydrogen-bond donors (Lipinski definition) is 0. The van der Waals surface area contributed by atoms with E-state index in [-0.39, 0.29) is 0 Å². The molecule has 0 fully saturated rings. The molecule has 0 bridgehead atoms. The summed E-state index contributed by atoms with van der Waals surface area (Å²) in [6.45, 7) is 0. The molecule has 3 heterocycles. The third-order valence-corrected chi connectivity index (χ3v) is 4.71. The van der Waals surface area contributed by atoms with Gasteiger partial charge in [0.05, 0.1) is 24.4 Å². The lowest BCUT2D eigenvalue weighted by Crippen LogP contribution is -2.04. The van der Waals surface area contributed by atoms with E-state index in [0.717, 1.165) is 10.4 Å². The highest BCUT2D eigenvalue weighted by Gasteiger charge is 2.14. The topological polar surface area (TPSA) is 56.5 Å². The van der Waals surface area contributed by atoms with E-state index < -0.39 is 5.97 Å². The molecule has 0 unspecified atom stereocenters. The van der Waals surface area contributed by atoms with Crippen molar-refractivity contribution in [1.29, 1.82) is 0 Å². The van der Waals surface area contributed by atoms with Gasteiger partial charge in [0, 0.05) is 17.3 Å². The summed E-state index contributed by atoms with van der Waals surface area (Å²) in [4.78, 5) is 17.1. The van der Waals surface area contributed by atoms with Crippen LogP contribution in [0.1, 0.15) is 10.4 Å². The van der Waals surface area contributed by atoms with Crippen molar-refractivity contribution in [2.24, 2.45) is 0 Å². The quantitative estimate of drug-likeness (QED) is 0.533. The maximum atomic E-state index is 11.6. The Morgan fingerprint density at radius 1 is 1.17 bits per heavy atom. The molecule has 4 aromatic rings. The zero-order valence-corrected chi connectivity index (χ0v) is 13.7. The van der Waals surface area contributed by atoms with Crippen molar-refractivity contribution in [1.82, 2.24) is 14.6 Å². The lowest BCUT2D eigenvalue weighted by molar-refractivity contribution is 0.0599. The number of benzene rings is 1. The largest absolute Gasteiger partial charge is 0.465 e. The van der Waals surface area contributed by atoms with E-state index in [0.29, 0.717) is 11.2 Å². The van der Waals surface area contributed by atoms with Gasteiger partial charge in [-0.3, -0.25) is 0 Å². The molecule has 0 N–H and O–H groups in total. The first-order valence-electron chi connectivity index (χ1n) is 7.32. The lowest BCUT2D eigenvalue weighted by atomic mass is 10.1. The van der Waals surface area contributed by atoms with Gasteiger partial charge >= 0.3 is 5.97 Å². The van der Waals surface area contributed by atoms with Crippen LogP contribution in [0.15, 0.2) is 60.4 Å². The monoisotopic (exact) mass is 335 g/mol. The summed E-state index contributed by atoms with van der Waals surface area (Å²) in [7, 11) is 1.35. The van der Waals surface area contributed by atoms with E-state index >= 15 is 0 Å². The van der Waals surface area contributed by atoms with Crippen LogP contribution in [0.5, 0.6) is 0 Å². The highest BCUT2D eigenvalue weighted by Crippen LogP contribution is 2.34. The Kier molecular flexibility index (Phi) is 3.59. The number of carbonyl (C=O) groups is 1. The molecule has 0 saturated heterocycles. The number of aromatic nitrogens is 3. The smallest absolute Gasteiger partial charge is 0.341 e. The molecule has 0 spiro atoms. The first kappa shape index (κ1) is 14.6. The number of methoxy groups -OCH3 is 1. The van der Waals surface area contributed by atoms with E-state index in [1.807, 2.05) is 18.2 Å². The first-order valence-corrected chi connectivity index (χ1v) is 8.20. The van der Waals surface area contributed by atoms with Crippen LogP contribution in [0.25, 0.3) is 27.2 Å². The van der Waals surface area contributed by atoms with Crippen LogP contribution in [0.3, 0.4) is 0 Å². The van der Waals surface area contributed by atoms with Crippen molar-refractivity contribution in [2.75, 3.05) is 7.11 Å². The van der Waals surface area contributed by atoms with Crippen molar-refractivity contribution in [3.05, 3.63) is 65.9 Å². The zero-order valence-electron chi connectivity index (χ0n) is 12.8. The molecule has 5 nitrogen and oxygen atoms in total. The van der Waals surface area contributed by atoms with Crippen molar-refractivity contribution in [3.8, 4) is 21.6 Å². The first-order chi connectivity index (χ1) is 11.8. The number of carbonyl (C=O) groups excluding carboxylic acids is 1. The molecule has 1 aromatic carbocycles. The van der Waals surface area contributed by atoms with Crippen LogP contribution in [0.2, 0.25) is 0 Å². The number of ether oxygens (including phenoxy) is 1. The average Bonchev–Trinajstić information content (AvgIpc) is 3.28. The number of fused-ring (bicyclic) bond motifs is 1. The van der Waals surface area contributed by atoms with Crippen molar-refractivity contribution in [2.45, 2.75) is 0 Å². The third-order valence-electron chi connectivity index (χ3n) is 3.75. The standard InChI is InChI=1S/C18H13N3O2S/c1-23-18(22)14-8-19-17-15(9-20-21(17)10-14)16-7-13(11-24-16)12-5-3-2-4-6-12/h2-11H,1H3. The van der Waals surface area contributed by atoms with Crippen LogP contribution in [-0.4, -0.2) is 27.7 Å². The highest BCUT2D eigenvalue weighted by molar-refractivity contribution is 7.14. The van der Waals surface area contributed by atoms with Gasteiger partial charge in [-0.15, -0.1) is 11.3 Å². The molecule has 6 heteroatoms. The Morgan fingerprint density at radius 2 is 2.00 bits per heavy atom. The van der Waals surface area contributed by atoms with Gasteiger partial charge in [0.1, 0.15) is 0 Å². The second kappa shape index (κ2) is 5.90. The SMILES string of the molecule is COC(=O)c1cnc2c(-c3cc(-c4ccccc4)cs3)cnn2c1. The number of rotatable bonds is 3. The van der Waals surface area contributed by atoms with Crippen molar-refractivity contribution in [3.63, 3.8) is 0 Å². The van der Waals surface area contributed by atoms with E-state index in [9.17, 15) is 4.79 Å². The molecule has 3 aromatic heterocycles. The Bertz CT molecular complexity index is 1020. The fourth-order valence-electron chi connectivity index (χ4n) is 2.53. The van der Waals surface area contributed by atoms with Crippen LogP contribution >= 0.6 is 11.3 Å². The zero-order chi connectivity index (χ0) is 16.5. The highest BCUT2D eigenvalue weighted by atomic mass is 32.1. The summed E-state index contributed by atoms with van der Waals surface area (Å²) in [5.74, 6) is -0.427. The minimum Gasteiger partial charge on any atom is -0.465 e. The Hall–Kier alpha value is -2.99. The number of thiophene rings is 1. The van der Waals surface area contributed by atoms with Crippen LogP contribution in [-0.2, 0) is 4.74 Å². The molecule has 118 valence electrons. The van der Waals surface area contributed by atoms with E-state index in [1.54, 1.807) is 28.2 Å². The van der Waals surface area contributed by atoms with Crippen LogP contribution in [0, 0.1) is 0 Å². The van der Waals surface area contributed by atoms with E-state index in [4.69, 9.17) is 4.74 Å². The average molecular weight is 335 g/mol. The van der Waals surface area contributed by atoms with Gasteiger partial charge in [0.25, 0.3) is 0 Å². The Labute approximate surface area is 142 Å². The van der Waals surface area contributed by atoms with Gasteiger partial charge in [-0.2, -0.15) is 5.10 Å². The fourth-order valence-corrected chi connectivity index (χ4v) is 3.46. The van der Waals surface area contributed by atoms with Gasteiger partial charge in [-0.25, -0.2) is 14.3 Å². The molecule has 24 heavy (non-hydrogen) atoms.